The predicted octanol–water partition coefficient (Wildman–Crippen LogP) is 2.93. The Hall–Kier alpha value is -3.15. The van der Waals surface area contributed by atoms with E-state index in [2.05, 4.69) is 15.1 Å². The van der Waals surface area contributed by atoms with Gasteiger partial charge in [0.2, 0.25) is 0 Å². The van der Waals surface area contributed by atoms with E-state index >= 15 is 0 Å². The molecule has 128 valence electrons. The van der Waals surface area contributed by atoms with Crippen LogP contribution in [-0.4, -0.2) is 19.7 Å². The quantitative estimate of drug-likeness (QED) is 0.772. The molecule has 0 radical (unpaired) electrons. The third-order valence-corrected chi connectivity index (χ3v) is 3.87. The molecule has 0 aliphatic rings. The summed E-state index contributed by atoms with van der Waals surface area (Å²) in [5.74, 6) is 0.350. The Morgan fingerprint density at radius 2 is 1.92 bits per heavy atom. The molecule has 0 fully saturated rings. The zero-order chi connectivity index (χ0) is 18.4. The third kappa shape index (κ3) is 2.87. The number of hydrogen-bond acceptors (Lipinski definition) is 4. The minimum Gasteiger partial charge on any atom is -0.310 e. The van der Waals surface area contributed by atoms with Gasteiger partial charge in [-0.15, -0.1) is 0 Å². The zero-order valence-corrected chi connectivity index (χ0v) is 13.2. The molecular weight excluding hydrogens is 335 g/mol. The van der Waals surface area contributed by atoms with Gasteiger partial charge in [-0.2, -0.15) is 23.5 Å². The molecule has 1 N–H and O–H groups in total. The van der Waals surface area contributed by atoms with Crippen LogP contribution in [0, 0.1) is 18.3 Å². The van der Waals surface area contributed by atoms with Gasteiger partial charge in [0.25, 0.3) is 5.56 Å². The van der Waals surface area contributed by atoms with Gasteiger partial charge in [0, 0.05) is 0 Å². The van der Waals surface area contributed by atoms with Crippen LogP contribution >= 0.6 is 0 Å². The van der Waals surface area contributed by atoms with E-state index in [4.69, 9.17) is 0 Å². The number of rotatable bonds is 2. The summed E-state index contributed by atoms with van der Waals surface area (Å²) in [6.07, 6.45) is -4.42. The second-order valence-corrected chi connectivity index (χ2v) is 5.55. The van der Waals surface area contributed by atoms with E-state index in [9.17, 15) is 23.2 Å². The van der Waals surface area contributed by atoms with Gasteiger partial charge in [-0.25, -0.2) is 9.67 Å². The first-order chi connectivity index (χ1) is 11.7. The number of nitrogens with zero attached hydrogens (tertiary/aromatic N) is 4. The lowest BCUT2D eigenvalue weighted by atomic mass is 10.1. The molecular formula is C16H12F3N5O. The Morgan fingerprint density at radius 1 is 1.28 bits per heavy atom. The summed E-state index contributed by atoms with van der Waals surface area (Å²) in [4.78, 5) is 18.8. The van der Waals surface area contributed by atoms with Gasteiger partial charge in [0.05, 0.1) is 11.6 Å². The molecule has 0 saturated carbocycles. The molecule has 6 nitrogen and oxygen atoms in total. The normalized spacial score (nSPS) is 13.0. The molecule has 0 unspecified atom stereocenters. The number of hydrogen-bond donors (Lipinski definition) is 1. The lowest BCUT2D eigenvalue weighted by molar-refractivity contribution is -0.137. The first-order valence-electron chi connectivity index (χ1n) is 7.28. The summed E-state index contributed by atoms with van der Waals surface area (Å²) in [5.41, 5.74) is -0.559. The standard InChI is InChI=1S/C16H12F3N5O/c1-8(10-3-5-11(6-4-10)16(17,18)19)24-14-13(12(7-20)23-24)15(25)22-9(2)21-14/h3-6,8H,1-2H3,(H,21,22,25)/t8-/m1/s1. The maximum atomic E-state index is 12.7. The molecule has 0 bridgehead atoms. The second kappa shape index (κ2) is 5.73. The van der Waals surface area contributed by atoms with E-state index in [0.29, 0.717) is 11.4 Å². The van der Waals surface area contributed by atoms with Crippen molar-refractivity contribution >= 4 is 11.0 Å². The van der Waals surface area contributed by atoms with Gasteiger partial charge in [-0.05, 0) is 31.5 Å². The molecule has 1 aromatic carbocycles. The minimum absolute atomic E-state index is 0.0619. The highest BCUT2D eigenvalue weighted by atomic mass is 19.4. The van der Waals surface area contributed by atoms with Crippen LogP contribution in [0.2, 0.25) is 0 Å². The highest BCUT2D eigenvalue weighted by Crippen LogP contribution is 2.31. The van der Waals surface area contributed by atoms with Crippen molar-refractivity contribution in [3.8, 4) is 6.07 Å². The Kier molecular flexibility index (Phi) is 3.83. The molecule has 1 atom stereocenters. The number of aromatic nitrogens is 4. The van der Waals surface area contributed by atoms with Crippen molar-refractivity contribution in [1.29, 1.82) is 5.26 Å². The van der Waals surface area contributed by atoms with Crippen LogP contribution in [0.4, 0.5) is 13.2 Å². The molecule has 0 spiro atoms. The molecule has 0 amide bonds. The number of fused-ring (bicyclic) bond motifs is 1. The third-order valence-electron chi connectivity index (χ3n) is 3.87. The van der Waals surface area contributed by atoms with E-state index in [0.717, 1.165) is 12.1 Å². The maximum Gasteiger partial charge on any atom is 0.416 e. The Balaban J connectivity index is 2.13. The Bertz CT molecular complexity index is 1040. The molecule has 0 aliphatic carbocycles. The fourth-order valence-electron chi connectivity index (χ4n) is 2.60. The summed E-state index contributed by atoms with van der Waals surface area (Å²) in [6, 6.07) is 5.97. The molecule has 9 heteroatoms. The highest BCUT2D eigenvalue weighted by molar-refractivity contribution is 5.80. The zero-order valence-electron chi connectivity index (χ0n) is 13.2. The van der Waals surface area contributed by atoms with Gasteiger partial charge < -0.3 is 4.98 Å². The van der Waals surface area contributed by atoms with Crippen LogP contribution in [0.3, 0.4) is 0 Å². The van der Waals surface area contributed by atoms with Crippen LogP contribution in [-0.2, 0) is 6.18 Å². The Morgan fingerprint density at radius 3 is 2.48 bits per heavy atom. The number of benzene rings is 1. The van der Waals surface area contributed by atoms with Crippen LogP contribution in [0.5, 0.6) is 0 Å². The molecule has 3 aromatic rings. The average molecular weight is 347 g/mol. The van der Waals surface area contributed by atoms with E-state index in [1.807, 2.05) is 6.07 Å². The van der Waals surface area contributed by atoms with Crippen molar-refractivity contribution in [2.45, 2.75) is 26.1 Å². The van der Waals surface area contributed by atoms with Gasteiger partial charge in [-0.3, -0.25) is 4.79 Å². The van der Waals surface area contributed by atoms with Crippen LogP contribution in [0.1, 0.15) is 35.6 Å². The maximum absolute atomic E-state index is 12.7. The molecule has 2 heterocycles. The second-order valence-electron chi connectivity index (χ2n) is 5.55. The molecule has 3 rings (SSSR count). The van der Waals surface area contributed by atoms with Gasteiger partial charge in [0.15, 0.2) is 11.3 Å². The fourth-order valence-corrected chi connectivity index (χ4v) is 2.60. The first kappa shape index (κ1) is 16.7. The van der Waals surface area contributed by atoms with Crippen molar-refractivity contribution in [1.82, 2.24) is 19.7 Å². The lowest BCUT2D eigenvalue weighted by Crippen LogP contribution is -2.13. The number of nitriles is 1. The van der Waals surface area contributed by atoms with Gasteiger partial charge in [0.1, 0.15) is 17.3 Å². The highest BCUT2D eigenvalue weighted by Gasteiger charge is 2.30. The fraction of sp³-hybridized carbons (Fsp3) is 0.250. The smallest absolute Gasteiger partial charge is 0.310 e. The van der Waals surface area contributed by atoms with Crippen molar-refractivity contribution < 1.29 is 13.2 Å². The summed E-state index contributed by atoms with van der Waals surface area (Å²) in [7, 11) is 0. The lowest BCUT2D eigenvalue weighted by Gasteiger charge is -2.14. The summed E-state index contributed by atoms with van der Waals surface area (Å²) >= 11 is 0. The van der Waals surface area contributed by atoms with E-state index in [1.54, 1.807) is 13.8 Å². The number of aromatic amines is 1. The first-order valence-corrected chi connectivity index (χ1v) is 7.28. The summed E-state index contributed by atoms with van der Waals surface area (Å²) in [6.45, 7) is 3.29. The van der Waals surface area contributed by atoms with Crippen LogP contribution in [0.15, 0.2) is 29.1 Å². The number of nitrogens with one attached hydrogen (secondary N) is 1. The molecule has 0 saturated heterocycles. The van der Waals surface area contributed by atoms with E-state index < -0.39 is 23.3 Å². The Labute approximate surface area is 139 Å². The van der Waals surface area contributed by atoms with Crippen molar-refractivity contribution in [3.63, 3.8) is 0 Å². The molecule has 2 aromatic heterocycles. The van der Waals surface area contributed by atoms with E-state index in [-0.39, 0.29) is 16.7 Å². The van der Waals surface area contributed by atoms with Gasteiger partial charge in [-0.1, -0.05) is 12.1 Å². The monoisotopic (exact) mass is 347 g/mol. The SMILES string of the molecule is Cc1nc2c(c(C#N)nn2[C@H](C)c2ccc(C(F)(F)F)cc2)c(=O)[nH]1. The number of aryl methyl sites for hydroxylation is 1. The van der Waals surface area contributed by atoms with Crippen molar-refractivity contribution in [2.24, 2.45) is 0 Å². The predicted molar refractivity (Wildman–Crippen MR) is 82.9 cm³/mol. The van der Waals surface area contributed by atoms with Crippen molar-refractivity contribution in [2.75, 3.05) is 0 Å². The number of alkyl halides is 3. The van der Waals surface area contributed by atoms with Crippen LogP contribution < -0.4 is 5.56 Å². The number of halogens is 3. The number of H-pyrrole nitrogens is 1. The van der Waals surface area contributed by atoms with Crippen molar-refractivity contribution in [3.05, 3.63) is 57.3 Å². The molecule has 25 heavy (non-hydrogen) atoms. The average Bonchev–Trinajstić information content (AvgIpc) is 2.92. The van der Waals surface area contributed by atoms with Gasteiger partial charge >= 0.3 is 6.18 Å². The largest absolute Gasteiger partial charge is 0.416 e. The summed E-state index contributed by atoms with van der Waals surface area (Å²) in [5, 5.41) is 13.4. The summed E-state index contributed by atoms with van der Waals surface area (Å²) < 4.78 is 39.4. The van der Waals surface area contributed by atoms with Crippen LogP contribution in [0.25, 0.3) is 11.0 Å². The molecule has 0 aliphatic heterocycles. The topological polar surface area (TPSA) is 87.4 Å². The minimum atomic E-state index is -4.42. The van der Waals surface area contributed by atoms with E-state index in [1.165, 1.54) is 16.8 Å².